The summed E-state index contributed by atoms with van der Waals surface area (Å²) in [5, 5.41) is 8.82. The van der Waals surface area contributed by atoms with Crippen molar-refractivity contribution in [3.8, 4) is 0 Å². The van der Waals surface area contributed by atoms with Gasteiger partial charge in [-0.3, -0.25) is 5.43 Å². The van der Waals surface area contributed by atoms with Crippen molar-refractivity contribution >= 4 is 35.1 Å². The van der Waals surface area contributed by atoms with E-state index < -0.39 is 0 Å². The SMILES string of the molecule is S=C(N/N=C/c1ccccc1Cl)NC1CC2CCC1C2. The fourth-order valence-corrected chi connectivity index (χ4v) is 3.75. The number of benzene rings is 1. The summed E-state index contributed by atoms with van der Waals surface area (Å²) in [4.78, 5) is 0. The van der Waals surface area contributed by atoms with Gasteiger partial charge in [0.15, 0.2) is 5.11 Å². The van der Waals surface area contributed by atoms with Gasteiger partial charge in [0.25, 0.3) is 0 Å². The minimum absolute atomic E-state index is 0.532. The van der Waals surface area contributed by atoms with Crippen molar-refractivity contribution in [3.63, 3.8) is 0 Å². The molecule has 106 valence electrons. The van der Waals surface area contributed by atoms with Crippen LogP contribution in [-0.2, 0) is 0 Å². The zero-order valence-corrected chi connectivity index (χ0v) is 12.8. The van der Waals surface area contributed by atoms with Crippen LogP contribution in [0.25, 0.3) is 0 Å². The maximum absolute atomic E-state index is 6.05. The Morgan fingerprint density at radius 1 is 1.30 bits per heavy atom. The van der Waals surface area contributed by atoms with Crippen LogP contribution >= 0.6 is 23.8 Å². The molecule has 3 nitrogen and oxygen atoms in total. The van der Waals surface area contributed by atoms with Gasteiger partial charge in [0.2, 0.25) is 0 Å². The van der Waals surface area contributed by atoms with Gasteiger partial charge in [-0.1, -0.05) is 36.2 Å². The molecule has 0 spiro atoms. The molecule has 2 saturated carbocycles. The third-order valence-electron chi connectivity index (χ3n) is 4.33. The van der Waals surface area contributed by atoms with Gasteiger partial charge in [-0.15, -0.1) is 0 Å². The standard InChI is InChI=1S/C15H18ClN3S/c16-13-4-2-1-3-12(13)9-17-19-15(20)18-14-8-10-5-6-11(14)7-10/h1-4,9-11,14H,5-8H2,(H2,18,19,20)/b17-9+. The van der Waals surface area contributed by atoms with Crippen LogP contribution in [-0.4, -0.2) is 17.4 Å². The molecule has 2 N–H and O–H groups in total. The van der Waals surface area contributed by atoms with Gasteiger partial charge in [0.1, 0.15) is 0 Å². The van der Waals surface area contributed by atoms with Gasteiger partial charge in [0.05, 0.1) is 6.21 Å². The maximum Gasteiger partial charge on any atom is 0.187 e. The van der Waals surface area contributed by atoms with Gasteiger partial charge in [-0.05, 0) is 49.4 Å². The second-order valence-electron chi connectivity index (χ2n) is 5.65. The number of hydrogen-bond acceptors (Lipinski definition) is 2. The first-order chi connectivity index (χ1) is 9.72. The summed E-state index contributed by atoms with van der Waals surface area (Å²) >= 11 is 11.3. The van der Waals surface area contributed by atoms with E-state index in [0.29, 0.717) is 16.2 Å². The highest BCUT2D eigenvalue weighted by Crippen LogP contribution is 2.44. The molecule has 2 aliphatic rings. The molecule has 0 aromatic heterocycles. The van der Waals surface area contributed by atoms with Crippen LogP contribution in [0.2, 0.25) is 5.02 Å². The minimum Gasteiger partial charge on any atom is -0.358 e. The second-order valence-corrected chi connectivity index (χ2v) is 6.46. The molecular weight excluding hydrogens is 290 g/mol. The van der Waals surface area contributed by atoms with Gasteiger partial charge in [-0.2, -0.15) is 5.10 Å². The summed E-state index contributed by atoms with van der Waals surface area (Å²) in [7, 11) is 0. The minimum atomic E-state index is 0.532. The largest absolute Gasteiger partial charge is 0.358 e. The van der Waals surface area contributed by atoms with E-state index in [4.69, 9.17) is 23.8 Å². The van der Waals surface area contributed by atoms with Crippen molar-refractivity contribution in [1.82, 2.24) is 10.7 Å². The average Bonchev–Trinajstić information content (AvgIpc) is 3.03. The second kappa shape index (κ2) is 6.10. The van der Waals surface area contributed by atoms with Gasteiger partial charge < -0.3 is 5.32 Å². The summed E-state index contributed by atoms with van der Waals surface area (Å²) in [6, 6.07) is 8.12. The third-order valence-corrected chi connectivity index (χ3v) is 4.88. The van der Waals surface area contributed by atoms with Crippen LogP contribution in [0, 0.1) is 11.8 Å². The van der Waals surface area contributed by atoms with Crippen LogP contribution in [0.5, 0.6) is 0 Å². The van der Waals surface area contributed by atoms with E-state index in [1.54, 1.807) is 6.21 Å². The number of thiocarbonyl (C=S) groups is 1. The molecule has 3 rings (SSSR count). The lowest BCUT2D eigenvalue weighted by atomic mass is 9.96. The number of halogens is 1. The normalized spacial score (nSPS) is 27.9. The van der Waals surface area contributed by atoms with E-state index in [9.17, 15) is 0 Å². The topological polar surface area (TPSA) is 36.4 Å². The van der Waals surface area contributed by atoms with Crippen LogP contribution in [0.4, 0.5) is 0 Å². The number of fused-ring (bicyclic) bond motifs is 2. The Morgan fingerprint density at radius 3 is 2.85 bits per heavy atom. The summed E-state index contributed by atoms with van der Waals surface area (Å²) in [5.74, 6) is 1.71. The summed E-state index contributed by atoms with van der Waals surface area (Å²) in [5.41, 5.74) is 3.75. The highest BCUT2D eigenvalue weighted by atomic mass is 35.5. The Balaban J connectivity index is 1.49. The van der Waals surface area contributed by atoms with E-state index in [-0.39, 0.29) is 0 Å². The fraction of sp³-hybridized carbons (Fsp3) is 0.467. The third kappa shape index (κ3) is 3.13. The molecule has 0 aliphatic heterocycles. The molecular formula is C15H18ClN3S. The molecule has 20 heavy (non-hydrogen) atoms. The quantitative estimate of drug-likeness (QED) is 0.511. The predicted molar refractivity (Wildman–Crippen MR) is 87.2 cm³/mol. The highest BCUT2D eigenvalue weighted by Gasteiger charge is 2.39. The average molecular weight is 308 g/mol. The van der Waals surface area contributed by atoms with Crippen molar-refractivity contribution < 1.29 is 0 Å². The van der Waals surface area contributed by atoms with Crippen LogP contribution in [0.15, 0.2) is 29.4 Å². The number of nitrogens with zero attached hydrogens (tertiary/aromatic N) is 1. The van der Waals surface area contributed by atoms with Crippen molar-refractivity contribution in [2.45, 2.75) is 31.7 Å². The highest BCUT2D eigenvalue weighted by molar-refractivity contribution is 7.80. The first-order valence-electron chi connectivity index (χ1n) is 7.06. The lowest BCUT2D eigenvalue weighted by molar-refractivity contribution is 0.389. The van der Waals surface area contributed by atoms with E-state index in [1.165, 1.54) is 25.7 Å². The maximum atomic E-state index is 6.05. The Hall–Kier alpha value is -1.13. The molecule has 1 aromatic rings. The van der Waals surface area contributed by atoms with E-state index in [0.717, 1.165) is 17.4 Å². The Labute approximate surface area is 129 Å². The molecule has 2 bridgehead atoms. The molecule has 0 saturated heterocycles. The molecule has 2 fully saturated rings. The molecule has 2 aliphatic carbocycles. The monoisotopic (exact) mass is 307 g/mol. The molecule has 0 heterocycles. The van der Waals surface area contributed by atoms with E-state index >= 15 is 0 Å². The Morgan fingerprint density at radius 2 is 2.15 bits per heavy atom. The smallest absolute Gasteiger partial charge is 0.187 e. The lowest BCUT2D eigenvalue weighted by Gasteiger charge is -2.23. The number of rotatable bonds is 3. The first kappa shape index (κ1) is 13.8. The Bertz CT molecular complexity index is 532. The molecule has 5 heteroatoms. The van der Waals surface area contributed by atoms with E-state index in [1.807, 2.05) is 24.3 Å². The summed E-state index contributed by atoms with van der Waals surface area (Å²) in [6.45, 7) is 0. The molecule has 3 atom stereocenters. The van der Waals surface area contributed by atoms with Crippen LogP contribution in [0.1, 0.15) is 31.2 Å². The van der Waals surface area contributed by atoms with Crippen molar-refractivity contribution in [3.05, 3.63) is 34.9 Å². The van der Waals surface area contributed by atoms with Crippen molar-refractivity contribution in [2.24, 2.45) is 16.9 Å². The van der Waals surface area contributed by atoms with Gasteiger partial charge in [0, 0.05) is 16.6 Å². The number of hydrogen-bond donors (Lipinski definition) is 2. The molecule has 3 unspecified atom stereocenters. The summed E-state index contributed by atoms with van der Waals surface area (Å²) in [6.07, 6.45) is 7.04. The predicted octanol–water partition coefficient (Wildman–Crippen LogP) is 3.33. The van der Waals surface area contributed by atoms with Crippen molar-refractivity contribution in [2.75, 3.05) is 0 Å². The molecule has 1 aromatic carbocycles. The number of nitrogens with one attached hydrogen (secondary N) is 2. The first-order valence-corrected chi connectivity index (χ1v) is 7.85. The Kier molecular flexibility index (Phi) is 4.22. The zero-order valence-electron chi connectivity index (χ0n) is 11.2. The van der Waals surface area contributed by atoms with Gasteiger partial charge in [-0.25, -0.2) is 0 Å². The van der Waals surface area contributed by atoms with Crippen LogP contribution < -0.4 is 10.7 Å². The fourth-order valence-electron chi connectivity index (χ4n) is 3.36. The molecule has 0 amide bonds. The van der Waals surface area contributed by atoms with Gasteiger partial charge >= 0.3 is 0 Å². The molecule has 0 radical (unpaired) electrons. The lowest BCUT2D eigenvalue weighted by Crippen LogP contribution is -2.42. The zero-order chi connectivity index (χ0) is 13.9. The van der Waals surface area contributed by atoms with E-state index in [2.05, 4.69) is 15.8 Å². The summed E-state index contributed by atoms with van der Waals surface area (Å²) < 4.78 is 0. The van der Waals surface area contributed by atoms with Crippen molar-refractivity contribution in [1.29, 1.82) is 0 Å². The number of hydrazone groups is 1. The van der Waals surface area contributed by atoms with Crippen LogP contribution in [0.3, 0.4) is 0 Å².